The molecule has 1 aliphatic rings. The number of tetrazole rings is 1. The average molecular weight is 554 g/mol. The fourth-order valence-corrected chi connectivity index (χ4v) is 4.39. The summed E-state index contributed by atoms with van der Waals surface area (Å²) in [6.07, 6.45) is -12.2. The predicted octanol–water partition coefficient (Wildman–Crippen LogP) is 5.90. The molecule has 2 heterocycles. The van der Waals surface area contributed by atoms with Crippen molar-refractivity contribution >= 4 is 17.1 Å². The van der Waals surface area contributed by atoms with E-state index in [0.717, 1.165) is 29.8 Å². The summed E-state index contributed by atoms with van der Waals surface area (Å²) in [5, 5.41) is 15.2. The number of aromatic amines is 1. The van der Waals surface area contributed by atoms with E-state index >= 15 is 0 Å². The summed E-state index contributed by atoms with van der Waals surface area (Å²) < 4.78 is 91.2. The van der Waals surface area contributed by atoms with Crippen LogP contribution in [0.2, 0.25) is 0 Å². The third kappa shape index (κ3) is 5.62. The van der Waals surface area contributed by atoms with E-state index in [1.165, 1.54) is 0 Å². The standard InChI is InChI=1S/C26H25F6N5O2/c1-3-4-5-20(27)25(28,29)39-18-12-10-17(11-13-18)24(26(30,31)32)14-19(16-8-6-15(2)7-9-16)21(23(38)33-24)22-34-36-37-35-22/h6-13,20H,3-5,14H2,1-2H3,(H,33,38)(H,34,35,36,37)/t20-,24-/m0/s1. The SMILES string of the molecule is CCCC[C@H](F)C(F)(F)Oc1ccc([C@]2(C(F)(F)F)CC(c3ccc(C)cc3)=C(c3nn[nH]n3)C(=O)N2)cc1. The zero-order valence-electron chi connectivity index (χ0n) is 21.0. The van der Waals surface area contributed by atoms with Crippen molar-refractivity contribution in [3.05, 3.63) is 71.0 Å². The number of rotatable bonds is 9. The number of benzene rings is 2. The molecule has 4 rings (SSSR count). The molecule has 0 spiro atoms. The lowest BCUT2D eigenvalue weighted by Crippen LogP contribution is -2.58. The summed E-state index contributed by atoms with van der Waals surface area (Å²) >= 11 is 0. The molecule has 1 aliphatic heterocycles. The first kappa shape index (κ1) is 28.1. The van der Waals surface area contributed by atoms with Gasteiger partial charge in [-0.1, -0.05) is 61.7 Å². The van der Waals surface area contributed by atoms with Crippen molar-refractivity contribution in [3.8, 4) is 5.75 Å². The number of hydrogen-bond donors (Lipinski definition) is 2. The molecule has 1 aromatic heterocycles. The number of alkyl halides is 6. The van der Waals surface area contributed by atoms with Crippen molar-refractivity contribution in [1.82, 2.24) is 25.9 Å². The molecule has 0 fully saturated rings. The first-order valence-corrected chi connectivity index (χ1v) is 12.1. The average Bonchev–Trinajstić information content (AvgIpc) is 3.41. The van der Waals surface area contributed by atoms with Crippen LogP contribution in [0.4, 0.5) is 26.3 Å². The molecule has 0 saturated carbocycles. The minimum atomic E-state index is -5.02. The molecule has 0 saturated heterocycles. The molecule has 39 heavy (non-hydrogen) atoms. The maximum absolute atomic E-state index is 14.8. The van der Waals surface area contributed by atoms with Gasteiger partial charge in [-0.15, -0.1) is 10.2 Å². The molecule has 208 valence electrons. The Kier molecular flexibility index (Phi) is 7.71. The Labute approximate surface area is 219 Å². The molecule has 2 N–H and O–H groups in total. The van der Waals surface area contributed by atoms with E-state index in [0.29, 0.717) is 12.0 Å². The molecular weight excluding hydrogens is 528 g/mol. The Bertz CT molecular complexity index is 1320. The lowest BCUT2D eigenvalue weighted by molar-refractivity contribution is -0.221. The quantitative estimate of drug-likeness (QED) is 0.322. The van der Waals surface area contributed by atoms with Gasteiger partial charge in [0, 0.05) is 6.42 Å². The van der Waals surface area contributed by atoms with E-state index in [-0.39, 0.29) is 23.4 Å². The highest BCUT2D eigenvalue weighted by molar-refractivity contribution is 6.27. The van der Waals surface area contributed by atoms with Gasteiger partial charge in [0.15, 0.2) is 5.54 Å². The van der Waals surface area contributed by atoms with Crippen LogP contribution < -0.4 is 10.1 Å². The molecule has 0 aliphatic carbocycles. The van der Waals surface area contributed by atoms with Crippen LogP contribution in [-0.2, 0) is 10.3 Å². The van der Waals surface area contributed by atoms with Gasteiger partial charge in [0.1, 0.15) is 5.75 Å². The normalized spacial score (nSPS) is 19.1. The molecule has 0 bridgehead atoms. The van der Waals surface area contributed by atoms with Gasteiger partial charge < -0.3 is 10.1 Å². The van der Waals surface area contributed by atoms with E-state index in [9.17, 15) is 31.1 Å². The van der Waals surface area contributed by atoms with Crippen LogP contribution >= 0.6 is 0 Å². The smallest absolute Gasteiger partial charge is 0.429 e. The van der Waals surface area contributed by atoms with Gasteiger partial charge in [-0.2, -0.15) is 27.2 Å². The minimum Gasteiger partial charge on any atom is -0.430 e. The van der Waals surface area contributed by atoms with E-state index in [2.05, 4.69) is 30.7 Å². The molecule has 2 atom stereocenters. The highest BCUT2D eigenvalue weighted by atomic mass is 19.4. The molecule has 0 radical (unpaired) electrons. The summed E-state index contributed by atoms with van der Waals surface area (Å²) in [7, 11) is 0. The highest BCUT2D eigenvalue weighted by Crippen LogP contribution is 2.49. The highest BCUT2D eigenvalue weighted by Gasteiger charge is 2.60. The lowest BCUT2D eigenvalue weighted by atomic mass is 9.76. The Balaban J connectivity index is 1.75. The number of nitrogens with one attached hydrogen (secondary N) is 2. The summed E-state index contributed by atoms with van der Waals surface area (Å²) in [6, 6.07) is 10.1. The molecule has 3 aromatic rings. The maximum atomic E-state index is 14.8. The molecule has 7 nitrogen and oxygen atoms in total. The number of carbonyl (C=O) groups excluding carboxylic acids is 1. The van der Waals surface area contributed by atoms with Gasteiger partial charge in [-0.25, -0.2) is 4.39 Å². The number of H-pyrrole nitrogens is 1. The molecule has 0 unspecified atom stereocenters. The fourth-order valence-electron chi connectivity index (χ4n) is 4.39. The van der Waals surface area contributed by atoms with E-state index in [1.54, 1.807) is 38.1 Å². The first-order valence-electron chi connectivity index (χ1n) is 12.1. The Morgan fingerprint density at radius 3 is 2.28 bits per heavy atom. The molecule has 1 amide bonds. The number of ether oxygens (including phenoxy) is 1. The van der Waals surface area contributed by atoms with Crippen LogP contribution in [0.5, 0.6) is 5.75 Å². The number of carbonyl (C=O) groups is 1. The van der Waals surface area contributed by atoms with Crippen LogP contribution in [0, 0.1) is 6.92 Å². The largest absolute Gasteiger partial charge is 0.430 e. The molecule has 2 aromatic carbocycles. The van der Waals surface area contributed by atoms with Crippen LogP contribution in [-0.4, -0.2) is 45.0 Å². The zero-order chi connectivity index (χ0) is 28.4. The van der Waals surface area contributed by atoms with Crippen LogP contribution in [0.25, 0.3) is 11.1 Å². The zero-order valence-corrected chi connectivity index (χ0v) is 21.0. The van der Waals surface area contributed by atoms with Crippen molar-refractivity contribution < 1.29 is 35.9 Å². The third-order valence-electron chi connectivity index (χ3n) is 6.53. The number of nitrogens with zero attached hydrogens (tertiary/aromatic N) is 3. The Morgan fingerprint density at radius 1 is 1.05 bits per heavy atom. The second kappa shape index (κ2) is 10.7. The number of hydrogen-bond acceptors (Lipinski definition) is 5. The molecular formula is C26H25F6N5O2. The van der Waals surface area contributed by atoms with E-state index in [4.69, 9.17) is 0 Å². The third-order valence-corrected chi connectivity index (χ3v) is 6.53. The van der Waals surface area contributed by atoms with Crippen molar-refractivity contribution in [2.45, 2.75) is 63.5 Å². The number of amides is 1. The monoisotopic (exact) mass is 553 g/mol. The topological polar surface area (TPSA) is 92.8 Å². The summed E-state index contributed by atoms with van der Waals surface area (Å²) in [5.41, 5.74) is -2.35. The van der Waals surface area contributed by atoms with E-state index < -0.39 is 54.1 Å². The Morgan fingerprint density at radius 2 is 1.72 bits per heavy atom. The number of aromatic nitrogens is 4. The minimum absolute atomic E-state index is 0.0144. The van der Waals surface area contributed by atoms with Crippen molar-refractivity contribution in [2.24, 2.45) is 0 Å². The van der Waals surface area contributed by atoms with Gasteiger partial charge in [-0.3, -0.25) is 4.79 Å². The van der Waals surface area contributed by atoms with Crippen LogP contribution in [0.15, 0.2) is 48.5 Å². The van der Waals surface area contributed by atoms with Crippen molar-refractivity contribution in [1.29, 1.82) is 0 Å². The van der Waals surface area contributed by atoms with Crippen LogP contribution in [0.1, 0.15) is 55.1 Å². The van der Waals surface area contributed by atoms with Gasteiger partial charge in [0.2, 0.25) is 12.0 Å². The summed E-state index contributed by atoms with van der Waals surface area (Å²) in [6.45, 7) is 3.52. The number of unbranched alkanes of at least 4 members (excludes halogenated alkanes) is 1. The number of halogens is 6. The van der Waals surface area contributed by atoms with Gasteiger partial charge in [0.05, 0.1) is 5.57 Å². The second-order valence-electron chi connectivity index (χ2n) is 9.29. The summed E-state index contributed by atoms with van der Waals surface area (Å²) in [4.78, 5) is 13.2. The van der Waals surface area contributed by atoms with E-state index in [1.807, 2.05) is 0 Å². The number of aryl methyl sites for hydroxylation is 1. The van der Waals surface area contributed by atoms with Gasteiger partial charge in [0.25, 0.3) is 5.91 Å². The summed E-state index contributed by atoms with van der Waals surface area (Å²) in [5.74, 6) is -1.81. The van der Waals surface area contributed by atoms with Gasteiger partial charge >= 0.3 is 12.3 Å². The fraction of sp³-hybridized carbons (Fsp3) is 0.385. The lowest BCUT2D eigenvalue weighted by Gasteiger charge is -2.41. The maximum Gasteiger partial charge on any atom is 0.429 e. The second-order valence-corrected chi connectivity index (χ2v) is 9.29. The van der Waals surface area contributed by atoms with Gasteiger partial charge in [-0.05, 0) is 47.4 Å². The Hall–Kier alpha value is -3.90. The van der Waals surface area contributed by atoms with Crippen molar-refractivity contribution in [2.75, 3.05) is 0 Å². The first-order chi connectivity index (χ1) is 18.4. The van der Waals surface area contributed by atoms with Crippen molar-refractivity contribution in [3.63, 3.8) is 0 Å². The predicted molar refractivity (Wildman–Crippen MR) is 129 cm³/mol. The van der Waals surface area contributed by atoms with Crippen LogP contribution in [0.3, 0.4) is 0 Å². The molecule has 13 heteroatoms.